The second kappa shape index (κ2) is 4.81. The summed E-state index contributed by atoms with van der Waals surface area (Å²) >= 11 is 4.58. The van der Waals surface area contributed by atoms with Gasteiger partial charge in [0.2, 0.25) is 5.03 Å². The molecule has 1 heterocycles. The van der Waals surface area contributed by atoms with Crippen LogP contribution in [0.1, 0.15) is 0 Å². The molecule has 0 saturated carbocycles. The number of hydrogen-bond acceptors (Lipinski definition) is 4. The van der Waals surface area contributed by atoms with E-state index in [1.165, 1.54) is 19.3 Å². The molecule has 0 radical (unpaired) electrons. The van der Waals surface area contributed by atoms with Crippen LogP contribution in [0.15, 0.2) is 23.4 Å². The van der Waals surface area contributed by atoms with E-state index in [1.54, 1.807) is 0 Å². The van der Waals surface area contributed by atoms with Gasteiger partial charge in [0.15, 0.2) is 5.82 Å². The van der Waals surface area contributed by atoms with Crippen molar-refractivity contribution in [2.75, 3.05) is 13.6 Å². The first-order valence-corrected chi connectivity index (χ1v) is 6.05. The summed E-state index contributed by atoms with van der Waals surface area (Å²) in [5.74, 6) is -0.905. The van der Waals surface area contributed by atoms with Gasteiger partial charge in [-0.15, -0.1) is 0 Å². The van der Waals surface area contributed by atoms with Crippen molar-refractivity contribution in [2.45, 2.75) is 5.03 Å². The Morgan fingerprint density at radius 3 is 2.81 bits per heavy atom. The maximum absolute atomic E-state index is 13.3. The number of sulfonamides is 1. The number of halogens is 1. The number of pyridine rings is 1. The fourth-order valence-corrected chi connectivity index (χ4v) is 2.40. The highest BCUT2D eigenvalue weighted by Gasteiger charge is 2.25. The Morgan fingerprint density at radius 2 is 2.31 bits per heavy atom. The summed E-state index contributed by atoms with van der Waals surface area (Å²) in [5.41, 5.74) is 5.22. The normalized spacial score (nSPS) is 11.7. The number of likely N-dealkylation sites (N-methyl/N-ethyl adjacent to an activating group) is 1. The van der Waals surface area contributed by atoms with Gasteiger partial charge in [-0.1, -0.05) is 12.2 Å². The van der Waals surface area contributed by atoms with E-state index >= 15 is 0 Å². The standard InChI is InChI=1S/C8H10FN3O2S2/c1-12(5-7(10)15)16(13,14)8-6(9)3-2-4-11-8/h2-4H,5H2,1H3,(H2,10,15). The van der Waals surface area contributed by atoms with Gasteiger partial charge in [-0.05, 0) is 12.1 Å². The highest BCUT2D eigenvalue weighted by Crippen LogP contribution is 2.14. The Kier molecular flexibility index (Phi) is 3.89. The number of rotatable bonds is 4. The van der Waals surface area contributed by atoms with Crippen molar-refractivity contribution in [3.05, 3.63) is 24.1 Å². The number of nitrogens with two attached hydrogens (primary N) is 1. The van der Waals surface area contributed by atoms with Crippen LogP contribution in [0.4, 0.5) is 4.39 Å². The molecule has 2 N–H and O–H groups in total. The van der Waals surface area contributed by atoms with E-state index in [9.17, 15) is 12.8 Å². The van der Waals surface area contributed by atoms with Crippen LogP contribution in [0.25, 0.3) is 0 Å². The largest absolute Gasteiger partial charge is 0.392 e. The van der Waals surface area contributed by atoms with Crippen LogP contribution in [-0.2, 0) is 10.0 Å². The van der Waals surface area contributed by atoms with Crippen molar-refractivity contribution in [2.24, 2.45) is 5.73 Å². The number of hydrogen-bond donors (Lipinski definition) is 1. The monoisotopic (exact) mass is 263 g/mol. The maximum atomic E-state index is 13.3. The molecular weight excluding hydrogens is 253 g/mol. The molecule has 0 aliphatic carbocycles. The van der Waals surface area contributed by atoms with Crippen molar-refractivity contribution < 1.29 is 12.8 Å². The van der Waals surface area contributed by atoms with Crippen LogP contribution >= 0.6 is 12.2 Å². The molecule has 0 bridgehead atoms. The molecule has 8 heteroatoms. The molecule has 5 nitrogen and oxygen atoms in total. The minimum Gasteiger partial charge on any atom is -0.392 e. The minimum absolute atomic E-state index is 0.00224. The van der Waals surface area contributed by atoms with Gasteiger partial charge in [-0.3, -0.25) is 0 Å². The van der Waals surface area contributed by atoms with Gasteiger partial charge in [-0.25, -0.2) is 17.8 Å². The quantitative estimate of drug-likeness (QED) is 0.781. The van der Waals surface area contributed by atoms with Crippen LogP contribution in [0.3, 0.4) is 0 Å². The smallest absolute Gasteiger partial charge is 0.263 e. The molecule has 0 amide bonds. The Labute approximate surface area is 98.1 Å². The Bertz CT molecular complexity index is 504. The van der Waals surface area contributed by atoms with Crippen LogP contribution in [0.2, 0.25) is 0 Å². The van der Waals surface area contributed by atoms with Crippen molar-refractivity contribution >= 4 is 27.2 Å². The highest BCUT2D eigenvalue weighted by atomic mass is 32.2. The van der Waals surface area contributed by atoms with Crippen LogP contribution in [0.5, 0.6) is 0 Å². The number of nitrogens with zero attached hydrogens (tertiary/aromatic N) is 2. The van der Waals surface area contributed by atoms with Gasteiger partial charge >= 0.3 is 0 Å². The fourth-order valence-electron chi connectivity index (χ4n) is 1.01. The average molecular weight is 263 g/mol. The van der Waals surface area contributed by atoms with Gasteiger partial charge in [0.05, 0.1) is 11.5 Å². The molecule has 16 heavy (non-hydrogen) atoms. The lowest BCUT2D eigenvalue weighted by Gasteiger charge is -2.15. The van der Waals surface area contributed by atoms with Gasteiger partial charge in [-0.2, -0.15) is 4.31 Å². The third-order valence-electron chi connectivity index (χ3n) is 1.76. The summed E-state index contributed by atoms with van der Waals surface area (Å²) in [7, 11) is -2.73. The lowest BCUT2D eigenvalue weighted by Crippen LogP contribution is -2.35. The minimum atomic E-state index is -3.98. The Hall–Kier alpha value is -1.12. The van der Waals surface area contributed by atoms with E-state index in [4.69, 9.17) is 5.73 Å². The first kappa shape index (κ1) is 12.9. The molecule has 0 atom stereocenters. The van der Waals surface area contributed by atoms with Crippen LogP contribution in [-0.4, -0.2) is 36.3 Å². The average Bonchev–Trinajstić information content (AvgIpc) is 2.16. The fraction of sp³-hybridized carbons (Fsp3) is 0.250. The van der Waals surface area contributed by atoms with Crippen LogP contribution < -0.4 is 5.73 Å². The first-order chi connectivity index (χ1) is 7.35. The van der Waals surface area contributed by atoms with E-state index in [0.29, 0.717) is 0 Å². The molecule has 1 aromatic rings. The molecule has 0 aliphatic rings. The van der Waals surface area contributed by atoms with Crippen LogP contribution in [0, 0.1) is 5.82 Å². The lowest BCUT2D eigenvalue weighted by atomic mass is 10.5. The van der Waals surface area contributed by atoms with Crippen molar-refractivity contribution in [3.63, 3.8) is 0 Å². The van der Waals surface area contributed by atoms with E-state index < -0.39 is 20.9 Å². The summed E-state index contributed by atoms with van der Waals surface area (Å²) in [6, 6.07) is 2.33. The van der Waals surface area contributed by atoms with E-state index in [0.717, 1.165) is 10.4 Å². The zero-order valence-electron chi connectivity index (χ0n) is 8.42. The van der Waals surface area contributed by atoms with E-state index in [1.807, 2.05) is 0 Å². The third kappa shape index (κ3) is 2.71. The second-order valence-corrected chi connectivity index (χ2v) is 5.50. The zero-order valence-corrected chi connectivity index (χ0v) is 10.1. The summed E-state index contributed by atoms with van der Waals surface area (Å²) in [5, 5.41) is -0.631. The molecule has 88 valence electrons. The molecule has 0 fully saturated rings. The zero-order chi connectivity index (χ0) is 12.3. The summed E-state index contributed by atoms with van der Waals surface area (Å²) in [4.78, 5) is 3.49. The predicted octanol–water partition coefficient (Wildman–Crippen LogP) is 0.127. The van der Waals surface area contributed by atoms with Crippen molar-refractivity contribution in [1.29, 1.82) is 0 Å². The SMILES string of the molecule is CN(CC(N)=S)S(=O)(=O)c1ncccc1F. The summed E-state index contributed by atoms with van der Waals surface area (Å²) in [6.07, 6.45) is 1.20. The number of thiocarbonyl (C=S) groups is 1. The van der Waals surface area contributed by atoms with Crippen molar-refractivity contribution in [3.8, 4) is 0 Å². The third-order valence-corrected chi connectivity index (χ3v) is 3.63. The molecule has 0 unspecified atom stereocenters. The number of aromatic nitrogens is 1. The molecule has 0 aliphatic heterocycles. The second-order valence-electron chi connectivity index (χ2n) is 3.02. The van der Waals surface area contributed by atoms with Gasteiger partial charge in [0, 0.05) is 13.2 Å². The van der Waals surface area contributed by atoms with Gasteiger partial charge < -0.3 is 5.73 Å². The van der Waals surface area contributed by atoms with Gasteiger partial charge in [0.1, 0.15) is 0 Å². The molecule has 0 aromatic carbocycles. The lowest BCUT2D eigenvalue weighted by molar-refractivity contribution is 0.488. The van der Waals surface area contributed by atoms with E-state index in [2.05, 4.69) is 17.2 Å². The topological polar surface area (TPSA) is 76.3 Å². The Balaban J connectivity index is 3.12. The summed E-state index contributed by atoms with van der Waals surface area (Å²) < 4.78 is 37.7. The maximum Gasteiger partial charge on any atom is 0.263 e. The van der Waals surface area contributed by atoms with Gasteiger partial charge in [0.25, 0.3) is 10.0 Å². The highest BCUT2D eigenvalue weighted by molar-refractivity contribution is 7.89. The molecule has 0 spiro atoms. The molecule has 1 rings (SSSR count). The Morgan fingerprint density at radius 1 is 1.69 bits per heavy atom. The molecule has 1 aromatic heterocycles. The predicted molar refractivity (Wildman–Crippen MR) is 60.8 cm³/mol. The summed E-state index contributed by atoms with van der Waals surface area (Å²) in [6.45, 7) is -0.159. The first-order valence-electron chi connectivity index (χ1n) is 4.21. The van der Waals surface area contributed by atoms with E-state index in [-0.39, 0.29) is 11.5 Å². The molecular formula is C8H10FN3O2S2. The van der Waals surface area contributed by atoms with Crippen molar-refractivity contribution in [1.82, 2.24) is 9.29 Å². The molecule has 0 saturated heterocycles.